The summed E-state index contributed by atoms with van der Waals surface area (Å²) in [6, 6.07) is 2.18. The molecule has 6 nitrogen and oxygen atoms in total. The molecule has 138 valence electrons. The van der Waals surface area contributed by atoms with Gasteiger partial charge in [-0.1, -0.05) is 39.3 Å². The SMILES string of the molecule is [C-]#[N+]c1c(N2CCC(NC(=O)C(C)(C)C)CC2)nc(Cl)c(C#N)c1CC. The first-order valence-corrected chi connectivity index (χ1v) is 9.16. The molecular formula is C19H24ClN5O. The van der Waals surface area contributed by atoms with E-state index in [2.05, 4.69) is 21.2 Å². The summed E-state index contributed by atoms with van der Waals surface area (Å²) >= 11 is 6.19. The molecule has 1 aliphatic heterocycles. The number of amides is 1. The quantitative estimate of drug-likeness (QED) is 0.645. The molecule has 0 aromatic carbocycles. The monoisotopic (exact) mass is 373 g/mol. The van der Waals surface area contributed by atoms with Crippen LogP contribution in [0.25, 0.3) is 4.85 Å². The van der Waals surface area contributed by atoms with E-state index in [1.54, 1.807) is 0 Å². The molecule has 2 rings (SSSR count). The van der Waals surface area contributed by atoms with Gasteiger partial charge < -0.3 is 10.2 Å². The van der Waals surface area contributed by atoms with Crippen LogP contribution in [0.5, 0.6) is 0 Å². The lowest BCUT2D eigenvalue weighted by Crippen LogP contribution is -2.48. The summed E-state index contributed by atoms with van der Waals surface area (Å²) in [5.41, 5.74) is 0.939. The zero-order chi connectivity index (χ0) is 19.5. The molecule has 2 heterocycles. The molecule has 0 saturated carbocycles. The van der Waals surface area contributed by atoms with Crippen LogP contribution in [0.4, 0.5) is 11.5 Å². The maximum Gasteiger partial charge on any atom is 0.232 e. The summed E-state index contributed by atoms with van der Waals surface area (Å²) < 4.78 is 0. The predicted molar refractivity (Wildman–Crippen MR) is 102 cm³/mol. The molecule has 0 bridgehead atoms. The third-order valence-electron chi connectivity index (χ3n) is 4.60. The molecule has 0 unspecified atom stereocenters. The van der Waals surface area contributed by atoms with Gasteiger partial charge in [0.2, 0.25) is 11.6 Å². The zero-order valence-corrected chi connectivity index (χ0v) is 16.4. The number of hydrogen-bond acceptors (Lipinski definition) is 4. The van der Waals surface area contributed by atoms with Crippen molar-refractivity contribution in [2.75, 3.05) is 18.0 Å². The van der Waals surface area contributed by atoms with Gasteiger partial charge in [-0.15, -0.1) is 0 Å². The van der Waals surface area contributed by atoms with Crippen LogP contribution < -0.4 is 10.2 Å². The van der Waals surface area contributed by atoms with Crippen molar-refractivity contribution in [2.24, 2.45) is 5.41 Å². The second-order valence-electron chi connectivity index (χ2n) is 7.49. The second-order valence-corrected chi connectivity index (χ2v) is 7.85. The Morgan fingerprint density at radius 2 is 2.08 bits per heavy atom. The number of piperidine rings is 1. The van der Waals surface area contributed by atoms with E-state index in [4.69, 9.17) is 18.2 Å². The lowest BCUT2D eigenvalue weighted by Gasteiger charge is -2.35. The topological polar surface area (TPSA) is 73.4 Å². The van der Waals surface area contributed by atoms with Crippen molar-refractivity contribution in [3.63, 3.8) is 0 Å². The van der Waals surface area contributed by atoms with Gasteiger partial charge in [0.1, 0.15) is 17.0 Å². The number of halogens is 1. The highest BCUT2D eigenvalue weighted by atomic mass is 35.5. The fraction of sp³-hybridized carbons (Fsp3) is 0.579. The molecule has 0 radical (unpaired) electrons. The molecular weight excluding hydrogens is 350 g/mol. The highest BCUT2D eigenvalue weighted by molar-refractivity contribution is 6.31. The standard InChI is InChI=1S/C19H24ClN5O/c1-6-13-14(11-21)16(20)24-17(15(13)22-5)25-9-7-12(8-10-25)23-18(26)19(2,3)4/h12H,6-10H2,1-4H3,(H,23,26). The molecule has 1 aromatic rings. The molecule has 1 aliphatic rings. The molecule has 0 spiro atoms. The highest BCUT2D eigenvalue weighted by Gasteiger charge is 2.29. The molecule has 1 fully saturated rings. The van der Waals surface area contributed by atoms with E-state index in [-0.39, 0.29) is 22.7 Å². The Morgan fingerprint density at radius 3 is 2.54 bits per heavy atom. The zero-order valence-electron chi connectivity index (χ0n) is 15.7. The van der Waals surface area contributed by atoms with Crippen LogP contribution in [0, 0.1) is 23.3 Å². The number of carbonyl (C=O) groups excluding carboxylic acids is 1. The van der Waals surface area contributed by atoms with Crippen LogP contribution in [-0.4, -0.2) is 30.0 Å². The maximum absolute atomic E-state index is 12.2. The first-order valence-electron chi connectivity index (χ1n) is 8.78. The van der Waals surface area contributed by atoms with Gasteiger partial charge in [-0.05, 0) is 24.8 Å². The fourth-order valence-electron chi connectivity index (χ4n) is 3.01. The summed E-state index contributed by atoms with van der Waals surface area (Å²) in [7, 11) is 0. The first-order chi connectivity index (χ1) is 12.2. The van der Waals surface area contributed by atoms with Gasteiger partial charge in [-0.2, -0.15) is 5.26 Å². The van der Waals surface area contributed by atoms with Gasteiger partial charge in [-0.3, -0.25) is 4.79 Å². The fourth-order valence-corrected chi connectivity index (χ4v) is 3.25. The molecule has 0 aliphatic carbocycles. The van der Waals surface area contributed by atoms with E-state index < -0.39 is 5.41 Å². The van der Waals surface area contributed by atoms with Crippen molar-refractivity contribution in [1.29, 1.82) is 5.26 Å². The van der Waals surface area contributed by atoms with Gasteiger partial charge in [-0.25, -0.2) is 9.83 Å². The summed E-state index contributed by atoms with van der Waals surface area (Å²) in [6.45, 7) is 16.5. The van der Waals surface area contributed by atoms with Crippen LogP contribution in [-0.2, 0) is 11.2 Å². The molecule has 7 heteroatoms. The van der Waals surface area contributed by atoms with Crippen molar-refractivity contribution in [1.82, 2.24) is 10.3 Å². The Balaban J connectivity index is 2.20. The van der Waals surface area contributed by atoms with E-state index >= 15 is 0 Å². The van der Waals surface area contributed by atoms with Gasteiger partial charge in [0.05, 0.1) is 12.1 Å². The van der Waals surface area contributed by atoms with Crippen LogP contribution in [0.15, 0.2) is 0 Å². The normalized spacial score (nSPS) is 15.3. The number of nitrogens with one attached hydrogen (secondary N) is 1. The Morgan fingerprint density at radius 1 is 1.46 bits per heavy atom. The number of aromatic nitrogens is 1. The van der Waals surface area contributed by atoms with Crippen LogP contribution in [0.3, 0.4) is 0 Å². The van der Waals surface area contributed by atoms with E-state index in [0.29, 0.717) is 36.6 Å². The average Bonchev–Trinajstić information content (AvgIpc) is 2.60. The smallest absolute Gasteiger partial charge is 0.232 e. The Labute approximate surface area is 160 Å². The van der Waals surface area contributed by atoms with Gasteiger partial charge >= 0.3 is 0 Å². The Bertz CT molecular complexity index is 777. The molecule has 1 aromatic heterocycles. The predicted octanol–water partition coefficient (Wildman–Crippen LogP) is 3.85. The van der Waals surface area contributed by atoms with Gasteiger partial charge in [0.25, 0.3) is 0 Å². The van der Waals surface area contributed by atoms with E-state index in [0.717, 1.165) is 12.8 Å². The van der Waals surface area contributed by atoms with Gasteiger partial charge in [0, 0.05) is 24.5 Å². The number of hydrogen-bond donors (Lipinski definition) is 1. The lowest BCUT2D eigenvalue weighted by molar-refractivity contribution is -0.129. The highest BCUT2D eigenvalue weighted by Crippen LogP contribution is 2.37. The van der Waals surface area contributed by atoms with Crippen molar-refractivity contribution < 1.29 is 4.79 Å². The van der Waals surface area contributed by atoms with E-state index in [9.17, 15) is 10.1 Å². The Kier molecular flexibility index (Phi) is 6.10. The molecule has 1 saturated heterocycles. The van der Waals surface area contributed by atoms with Crippen LogP contribution >= 0.6 is 11.6 Å². The lowest BCUT2D eigenvalue weighted by atomic mass is 9.94. The summed E-state index contributed by atoms with van der Waals surface area (Å²) in [5, 5.41) is 12.5. The largest absolute Gasteiger partial charge is 0.365 e. The molecule has 1 amide bonds. The number of nitrogens with zero attached hydrogens (tertiary/aromatic N) is 4. The minimum absolute atomic E-state index is 0.0469. The summed E-state index contributed by atoms with van der Waals surface area (Å²) in [6.07, 6.45) is 2.11. The van der Waals surface area contributed by atoms with E-state index in [1.165, 1.54) is 0 Å². The molecule has 26 heavy (non-hydrogen) atoms. The maximum atomic E-state index is 12.2. The first kappa shape index (κ1) is 20.0. The second kappa shape index (κ2) is 7.93. The molecule has 1 N–H and O–H groups in total. The number of anilines is 1. The number of rotatable bonds is 3. The third-order valence-corrected chi connectivity index (χ3v) is 4.87. The van der Waals surface area contributed by atoms with E-state index in [1.807, 2.05) is 32.6 Å². The Hall–Kier alpha value is -2.31. The number of pyridine rings is 1. The van der Waals surface area contributed by atoms with Crippen molar-refractivity contribution in [3.8, 4) is 6.07 Å². The average molecular weight is 374 g/mol. The molecule has 0 atom stereocenters. The number of nitriles is 1. The minimum atomic E-state index is -0.410. The minimum Gasteiger partial charge on any atom is -0.365 e. The van der Waals surface area contributed by atoms with Crippen molar-refractivity contribution in [2.45, 2.75) is 53.0 Å². The third kappa shape index (κ3) is 4.08. The van der Waals surface area contributed by atoms with Gasteiger partial charge in [0.15, 0.2) is 0 Å². The summed E-state index contributed by atoms with van der Waals surface area (Å²) in [4.78, 5) is 22.2. The van der Waals surface area contributed by atoms with Crippen LogP contribution in [0.1, 0.15) is 51.7 Å². The van der Waals surface area contributed by atoms with Crippen LogP contribution in [0.2, 0.25) is 5.15 Å². The van der Waals surface area contributed by atoms with Crippen molar-refractivity contribution in [3.05, 3.63) is 27.7 Å². The number of carbonyl (C=O) groups is 1. The summed E-state index contributed by atoms with van der Waals surface area (Å²) in [5.74, 6) is 0.590. The van der Waals surface area contributed by atoms with Crippen molar-refractivity contribution >= 4 is 29.0 Å².